The number of hydrogen-bond donors (Lipinski definition) is 1. The van der Waals surface area contributed by atoms with E-state index in [-0.39, 0.29) is 23.9 Å². The molecule has 16 heavy (non-hydrogen) atoms. The molecule has 0 aliphatic carbocycles. The lowest BCUT2D eigenvalue weighted by atomic mass is 10.2. The molecule has 0 aromatic heterocycles. The summed E-state index contributed by atoms with van der Waals surface area (Å²) in [4.78, 5) is 11.6. The SMILES string of the molecule is CC(CC#N)NC(=O)c1ccc(Br)c(F)c1. The van der Waals surface area contributed by atoms with Crippen molar-refractivity contribution < 1.29 is 9.18 Å². The minimum atomic E-state index is -0.486. The Morgan fingerprint density at radius 3 is 2.94 bits per heavy atom. The van der Waals surface area contributed by atoms with Gasteiger partial charge in [-0.2, -0.15) is 5.26 Å². The van der Waals surface area contributed by atoms with Crippen LogP contribution in [0.2, 0.25) is 0 Å². The zero-order valence-corrected chi connectivity index (χ0v) is 10.2. The van der Waals surface area contributed by atoms with Gasteiger partial charge >= 0.3 is 0 Å². The van der Waals surface area contributed by atoms with Crippen LogP contribution in [0.25, 0.3) is 0 Å². The standard InChI is InChI=1S/C11H10BrFN2O/c1-7(4-5-14)15-11(16)8-2-3-9(12)10(13)6-8/h2-3,6-7H,4H2,1H3,(H,15,16). The van der Waals surface area contributed by atoms with E-state index >= 15 is 0 Å². The summed E-state index contributed by atoms with van der Waals surface area (Å²) in [7, 11) is 0. The summed E-state index contributed by atoms with van der Waals surface area (Å²) in [5, 5.41) is 11.0. The summed E-state index contributed by atoms with van der Waals surface area (Å²) in [5.41, 5.74) is 0.241. The van der Waals surface area contributed by atoms with Crippen LogP contribution in [0.1, 0.15) is 23.7 Å². The van der Waals surface area contributed by atoms with E-state index in [1.165, 1.54) is 12.1 Å². The van der Waals surface area contributed by atoms with Gasteiger partial charge in [-0.3, -0.25) is 4.79 Å². The Kier molecular flexibility index (Phi) is 4.44. The normalized spacial score (nSPS) is 11.6. The molecule has 1 unspecified atom stereocenters. The predicted octanol–water partition coefficient (Wildman–Crippen LogP) is 2.62. The van der Waals surface area contributed by atoms with Crippen molar-refractivity contribution in [3.8, 4) is 6.07 Å². The molecule has 1 amide bonds. The number of hydrogen-bond acceptors (Lipinski definition) is 2. The maximum Gasteiger partial charge on any atom is 0.251 e. The van der Waals surface area contributed by atoms with Gasteiger partial charge in [-0.15, -0.1) is 0 Å². The highest BCUT2D eigenvalue weighted by molar-refractivity contribution is 9.10. The number of rotatable bonds is 3. The summed E-state index contributed by atoms with van der Waals surface area (Å²) < 4.78 is 13.5. The van der Waals surface area contributed by atoms with Crippen molar-refractivity contribution in [2.24, 2.45) is 0 Å². The quantitative estimate of drug-likeness (QED) is 0.928. The molecule has 84 valence electrons. The molecule has 0 spiro atoms. The van der Waals surface area contributed by atoms with Crippen molar-refractivity contribution >= 4 is 21.8 Å². The topological polar surface area (TPSA) is 52.9 Å². The molecule has 1 N–H and O–H groups in total. The maximum atomic E-state index is 13.1. The van der Waals surface area contributed by atoms with Gasteiger partial charge in [0.25, 0.3) is 5.91 Å². The number of amides is 1. The third-order valence-electron chi connectivity index (χ3n) is 1.96. The number of benzene rings is 1. The van der Waals surface area contributed by atoms with Gasteiger partial charge in [-0.1, -0.05) is 0 Å². The van der Waals surface area contributed by atoms with Crippen LogP contribution in [0.15, 0.2) is 22.7 Å². The van der Waals surface area contributed by atoms with Crippen molar-refractivity contribution in [2.75, 3.05) is 0 Å². The second kappa shape index (κ2) is 5.61. The molecular formula is C11H10BrFN2O. The van der Waals surface area contributed by atoms with Gasteiger partial charge in [-0.05, 0) is 41.1 Å². The van der Waals surface area contributed by atoms with E-state index in [2.05, 4.69) is 21.2 Å². The molecule has 1 rings (SSSR count). The van der Waals surface area contributed by atoms with E-state index in [9.17, 15) is 9.18 Å². The lowest BCUT2D eigenvalue weighted by Crippen LogP contribution is -2.32. The Morgan fingerprint density at radius 2 is 2.38 bits per heavy atom. The number of carbonyl (C=O) groups is 1. The molecule has 0 heterocycles. The summed E-state index contributed by atoms with van der Waals surface area (Å²) in [6.07, 6.45) is 0.227. The molecule has 1 aromatic carbocycles. The Morgan fingerprint density at radius 1 is 1.69 bits per heavy atom. The first kappa shape index (κ1) is 12.7. The van der Waals surface area contributed by atoms with Crippen LogP contribution < -0.4 is 5.32 Å². The molecule has 5 heteroatoms. The highest BCUT2D eigenvalue weighted by atomic mass is 79.9. The molecule has 3 nitrogen and oxygen atoms in total. The number of nitrogens with zero attached hydrogens (tertiary/aromatic N) is 1. The van der Waals surface area contributed by atoms with E-state index in [0.29, 0.717) is 4.47 Å². The van der Waals surface area contributed by atoms with Gasteiger partial charge < -0.3 is 5.32 Å². The number of nitrogens with one attached hydrogen (secondary N) is 1. The smallest absolute Gasteiger partial charge is 0.251 e. The second-order valence-corrected chi connectivity index (χ2v) is 4.22. The van der Waals surface area contributed by atoms with Gasteiger partial charge in [0.05, 0.1) is 17.0 Å². The lowest BCUT2D eigenvalue weighted by Gasteiger charge is -2.10. The molecule has 0 radical (unpaired) electrons. The third-order valence-corrected chi connectivity index (χ3v) is 2.60. The zero-order valence-electron chi connectivity index (χ0n) is 8.63. The molecule has 0 saturated heterocycles. The molecule has 1 atom stereocenters. The van der Waals surface area contributed by atoms with Gasteiger partial charge in [0.15, 0.2) is 0 Å². The molecular weight excluding hydrogens is 275 g/mol. The van der Waals surface area contributed by atoms with E-state index in [1.807, 2.05) is 6.07 Å². The molecule has 1 aromatic rings. The monoisotopic (exact) mass is 284 g/mol. The maximum absolute atomic E-state index is 13.1. The fraction of sp³-hybridized carbons (Fsp3) is 0.273. The minimum absolute atomic E-state index is 0.227. The Balaban J connectivity index is 2.74. The van der Waals surface area contributed by atoms with Gasteiger partial charge in [0.1, 0.15) is 5.82 Å². The average Bonchev–Trinajstić information content (AvgIpc) is 2.22. The van der Waals surface area contributed by atoms with Crippen molar-refractivity contribution in [2.45, 2.75) is 19.4 Å². The Bertz CT molecular complexity index is 442. The van der Waals surface area contributed by atoms with E-state index in [1.54, 1.807) is 6.92 Å². The largest absolute Gasteiger partial charge is 0.349 e. The predicted molar refractivity (Wildman–Crippen MR) is 61.3 cm³/mol. The summed E-state index contributed by atoms with van der Waals surface area (Å²) >= 11 is 3.00. The van der Waals surface area contributed by atoms with Crippen LogP contribution in [0.4, 0.5) is 4.39 Å². The zero-order chi connectivity index (χ0) is 12.1. The summed E-state index contributed by atoms with van der Waals surface area (Å²) in [6.45, 7) is 1.72. The van der Waals surface area contributed by atoms with Crippen molar-refractivity contribution in [3.05, 3.63) is 34.1 Å². The van der Waals surface area contributed by atoms with Gasteiger partial charge in [0.2, 0.25) is 0 Å². The van der Waals surface area contributed by atoms with Gasteiger partial charge in [0, 0.05) is 11.6 Å². The summed E-state index contributed by atoms with van der Waals surface area (Å²) in [6, 6.07) is 5.84. The average molecular weight is 285 g/mol. The fourth-order valence-electron chi connectivity index (χ4n) is 1.13. The van der Waals surface area contributed by atoms with E-state index in [4.69, 9.17) is 5.26 Å². The first-order valence-electron chi connectivity index (χ1n) is 4.67. The fourth-order valence-corrected chi connectivity index (χ4v) is 1.38. The molecule has 0 bridgehead atoms. The van der Waals surface area contributed by atoms with Crippen molar-refractivity contribution in [1.29, 1.82) is 5.26 Å². The highest BCUT2D eigenvalue weighted by Crippen LogP contribution is 2.16. The van der Waals surface area contributed by atoms with Crippen LogP contribution in [-0.4, -0.2) is 11.9 Å². The Hall–Kier alpha value is -1.41. The van der Waals surface area contributed by atoms with Crippen LogP contribution in [0.5, 0.6) is 0 Å². The number of nitriles is 1. The minimum Gasteiger partial charge on any atom is -0.349 e. The van der Waals surface area contributed by atoms with Gasteiger partial charge in [-0.25, -0.2) is 4.39 Å². The van der Waals surface area contributed by atoms with Crippen LogP contribution in [-0.2, 0) is 0 Å². The third kappa shape index (κ3) is 3.31. The highest BCUT2D eigenvalue weighted by Gasteiger charge is 2.11. The second-order valence-electron chi connectivity index (χ2n) is 3.37. The van der Waals surface area contributed by atoms with E-state index < -0.39 is 5.82 Å². The molecule has 0 fully saturated rings. The molecule has 0 aliphatic heterocycles. The van der Waals surface area contributed by atoms with Crippen molar-refractivity contribution in [3.63, 3.8) is 0 Å². The van der Waals surface area contributed by atoms with Crippen molar-refractivity contribution in [1.82, 2.24) is 5.32 Å². The summed E-state index contributed by atoms with van der Waals surface area (Å²) in [5.74, 6) is -0.866. The van der Waals surface area contributed by atoms with Crippen LogP contribution in [0.3, 0.4) is 0 Å². The molecule has 0 saturated carbocycles. The van der Waals surface area contributed by atoms with Crippen LogP contribution in [0, 0.1) is 17.1 Å². The number of carbonyl (C=O) groups excluding carboxylic acids is 1. The first-order valence-corrected chi connectivity index (χ1v) is 5.46. The Labute approximate surface area is 101 Å². The number of halogens is 2. The van der Waals surface area contributed by atoms with Crippen LogP contribution >= 0.6 is 15.9 Å². The molecule has 0 aliphatic rings. The lowest BCUT2D eigenvalue weighted by molar-refractivity contribution is 0.0940. The van der Waals surface area contributed by atoms with E-state index in [0.717, 1.165) is 6.07 Å². The first-order chi connectivity index (χ1) is 7.54.